The average molecular weight is 408 g/mol. The van der Waals surface area contributed by atoms with Crippen LogP contribution in [-0.2, 0) is 6.54 Å². The number of aromatic carboxylic acids is 1. The van der Waals surface area contributed by atoms with E-state index in [4.69, 9.17) is 0 Å². The van der Waals surface area contributed by atoms with E-state index >= 15 is 0 Å². The minimum Gasteiger partial charge on any atom is -0.478 e. The summed E-state index contributed by atoms with van der Waals surface area (Å²) in [4.78, 5) is 40.8. The van der Waals surface area contributed by atoms with Crippen molar-refractivity contribution in [3.63, 3.8) is 0 Å². The van der Waals surface area contributed by atoms with Gasteiger partial charge in [-0.3, -0.25) is 14.6 Å². The maximum Gasteiger partial charge on any atom is 0.335 e. The van der Waals surface area contributed by atoms with Gasteiger partial charge < -0.3 is 15.5 Å². The third kappa shape index (κ3) is 4.11. The lowest BCUT2D eigenvalue weighted by molar-refractivity contribution is 0.0696. The zero-order valence-electron chi connectivity index (χ0n) is 16.4. The fourth-order valence-corrected chi connectivity index (χ4v) is 3.11. The van der Waals surface area contributed by atoms with Crippen molar-refractivity contribution in [3.8, 4) is 11.3 Å². The summed E-state index contributed by atoms with van der Waals surface area (Å²) in [5.74, 6) is -1.44. The van der Waals surface area contributed by atoms with E-state index in [2.05, 4.69) is 15.4 Å². The lowest BCUT2D eigenvalue weighted by Crippen LogP contribution is -2.29. The highest BCUT2D eigenvalue weighted by atomic mass is 16.4. The van der Waals surface area contributed by atoms with Crippen LogP contribution in [-0.4, -0.2) is 43.3 Å². The van der Waals surface area contributed by atoms with Crippen molar-refractivity contribution in [2.45, 2.75) is 20.4 Å². The number of aliphatic hydroxyl groups excluding tert-OH is 1. The van der Waals surface area contributed by atoms with Crippen molar-refractivity contribution in [1.29, 1.82) is 0 Å². The van der Waals surface area contributed by atoms with E-state index < -0.39 is 11.5 Å². The van der Waals surface area contributed by atoms with Crippen molar-refractivity contribution in [1.82, 2.24) is 14.8 Å². The Bertz CT molecular complexity index is 1170. The third-order valence-electron chi connectivity index (χ3n) is 4.48. The second-order valence-corrected chi connectivity index (χ2v) is 6.61. The molecule has 154 valence electrons. The van der Waals surface area contributed by atoms with Crippen molar-refractivity contribution >= 4 is 23.1 Å². The fraction of sp³-hybridized carbons (Fsp3) is 0.190. The number of carboxylic acids is 1. The van der Waals surface area contributed by atoms with Gasteiger partial charge in [0.25, 0.3) is 5.56 Å². The molecule has 0 fully saturated rings. The number of nitrogens with one attached hydrogen (secondary N) is 1. The SMILES string of the molecule is CC(=O)c1c(-c2cccnc2)nn(CCO)c(=O)c1Nc1ccc(C(=O)O)c(C)c1. The lowest BCUT2D eigenvalue weighted by Gasteiger charge is -2.16. The standard InChI is InChI=1S/C21H20N4O5/c1-12-10-15(5-6-16(12)21(29)30)23-19-17(13(2)27)18(14-4-3-7-22-11-14)24-25(8-9-26)20(19)28/h3-7,10-11,23,26H,8-9H2,1-2H3,(H,29,30). The topological polar surface area (TPSA) is 134 Å². The quantitative estimate of drug-likeness (QED) is 0.507. The number of aromatic nitrogens is 3. The molecule has 0 spiro atoms. The van der Waals surface area contributed by atoms with Gasteiger partial charge >= 0.3 is 5.97 Å². The molecule has 2 aromatic heterocycles. The van der Waals surface area contributed by atoms with E-state index in [1.807, 2.05) is 0 Å². The highest BCUT2D eigenvalue weighted by molar-refractivity contribution is 6.05. The van der Waals surface area contributed by atoms with E-state index in [1.165, 1.54) is 25.3 Å². The molecule has 0 atom stereocenters. The summed E-state index contributed by atoms with van der Waals surface area (Å²) < 4.78 is 1.08. The van der Waals surface area contributed by atoms with Gasteiger partial charge in [-0.05, 0) is 49.7 Å². The number of pyridine rings is 1. The summed E-state index contributed by atoms with van der Waals surface area (Å²) in [7, 11) is 0. The van der Waals surface area contributed by atoms with Crippen LogP contribution in [0.25, 0.3) is 11.3 Å². The zero-order chi connectivity index (χ0) is 21.8. The number of anilines is 2. The maximum atomic E-state index is 13.0. The van der Waals surface area contributed by atoms with Crippen LogP contribution in [0.1, 0.15) is 33.2 Å². The summed E-state index contributed by atoms with van der Waals surface area (Å²) >= 11 is 0. The molecule has 2 heterocycles. The van der Waals surface area contributed by atoms with Crippen LogP contribution in [0, 0.1) is 6.92 Å². The van der Waals surface area contributed by atoms with Crippen LogP contribution in [0.2, 0.25) is 0 Å². The Balaban J connectivity index is 2.23. The molecule has 0 bridgehead atoms. The van der Waals surface area contributed by atoms with Gasteiger partial charge in [0.05, 0.1) is 24.3 Å². The molecule has 1 aromatic carbocycles. The van der Waals surface area contributed by atoms with Crippen LogP contribution in [0.5, 0.6) is 0 Å². The minimum absolute atomic E-state index is 0.00715. The largest absolute Gasteiger partial charge is 0.478 e. The van der Waals surface area contributed by atoms with E-state index in [1.54, 1.807) is 31.3 Å². The van der Waals surface area contributed by atoms with E-state index in [9.17, 15) is 24.6 Å². The van der Waals surface area contributed by atoms with Crippen molar-refractivity contribution in [2.24, 2.45) is 0 Å². The molecule has 0 radical (unpaired) electrons. The molecule has 0 aliphatic carbocycles. The molecule has 0 unspecified atom stereocenters. The van der Waals surface area contributed by atoms with Crippen LogP contribution in [0.3, 0.4) is 0 Å². The molecule has 0 saturated heterocycles. The highest BCUT2D eigenvalue weighted by Crippen LogP contribution is 2.28. The van der Waals surface area contributed by atoms with Crippen LogP contribution >= 0.6 is 0 Å². The Morgan fingerprint density at radius 2 is 2.00 bits per heavy atom. The lowest BCUT2D eigenvalue weighted by atomic mass is 10.0. The average Bonchev–Trinajstić information content (AvgIpc) is 2.71. The van der Waals surface area contributed by atoms with Gasteiger partial charge in [0.1, 0.15) is 11.4 Å². The second-order valence-electron chi connectivity index (χ2n) is 6.61. The first-order chi connectivity index (χ1) is 14.3. The first-order valence-corrected chi connectivity index (χ1v) is 9.11. The number of ketones is 1. The van der Waals surface area contributed by atoms with Gasteiger partial charge in [-0.2, -0.15) is 5.10 Å². The molecule has 9 nitrogen and oxygen atoms in total. The number of aryl methyl sites for hydroxylation is 1. The fourth-order valence-electron chi connectivity index (χ4n) is 3.11. The molecule has 9 heteroatoms. The van der Waals surface area contributed by atoms with E-state index in [0.29, 0.717) is 16.8 Å². The molecule has 0 aliphatic rings. The predicted octanol–water partition coefficient (Wildman–Crippen LogP) is 2.25. The number of carbonyl (C=O) groups is 2. The Labute approximate surface area is 171 Å². The summed E-state index contributed by atoms with van der Waals surface area (Å²) in [6.07, 6.45) is 3.10. The van der Waals surface area contributed by atoms with Gasteiger partial charge in [-0.15, -0.1) is 0 Å². The van der Waals surface area contributed by atoms with Crippen LogP contribution in [0.4, 0.5) is 11.4 Å². The molecular formula is C21H20N4O5. The first kappa shape index (κ1) is 20.9. The monoisotopic (exact) mass is 408 g/mol. The van der Waals surface area contributed by atoms with Crippen LogP contribution < -0.4 is 10.9 Å². The van der Waals surface area contributed by atoms with Crippen molar-refractivity contribution in [3.05, 3.63) is 69.8 Å². The number of rotatable bonds is 7. The minimum atomic E-state index is -1.06. The van der Waals surface area contributed by atoms with Crippen LogP contribution in [0.15, 0.2) is 47.5 Å². The molecule has 0 amide bonds. The second kappa shape index (κ2) is 8.66. The molecule has 0 aliphatic heterocycles. The summed E-state index contributed by atoms with van der Waals surface area (Å²) in [6.45, 7) is 2.59. The number of carboxylic acid groups (broad SMARTS) is 1. The van der Waals surface area contributed by atoms with Gasteiger partial charge in [0.2, 0.25) is 0 Å². The van der Waals surface area contributed by atoms with Crippen molar-refractivity contribution < 1.29 is 19.8 Å². The van der Waals surface area contributed by atoms with Gasteiger partial charge in [-0.1, -0.05) is 0 Å². The van der Waals surface area contributed by atoms with Gasteiger partial charge in [0.15, 0.2) is 5.78 Å². The third-order valence-corrected chi connectivity index (χ3v) is 4.48. The maximum absolute atomic E-state index is 13.0. The Hall–Kier alpha value is -3.85. The molecular weight excluding hydrogens is 388 g/mol. The molecule has 30 heavy (non-hydrogen) atoms. The Kier molecular flexibility index (Phi) is 6.03. The number of carbonyl (C=O) groups excluding carboxylic acids is 1. The molecule has 0 saturated carbocycles. The highest BCUT2D eigenvalue weighted by Gasteiger charge is 2.22. The number of Topliss-reactive ketones (excluding diaryl/α,β-unsaturated/α-hetero) is 1. The number of hydrogen-bond donors (Lipinski definition) is 3. The first-order valence-electron chi connectivity index (χ1n) is 9.11. The van der Waals surface area contributed by atoms with Gasteiger partial charge in [0, 0.05) is 23.6 Å². The summed E-state index contributed by atoms with van der Waals surface area (Å²) in [6, 6.07) is 7.91. The van der Waals surface area contributed by atoms with Gasteiger partial charge in [-0.25, -0.2) is 9.48 Å². The number of aliphatic hydroxyl groups is 1. The van der Waals surface area contributed by atoms with Crippen molar-refractivity contribution in [2.75, 3.05) is 11.9 Å². The van der Waals surface area contributed by atoms with E-state index in [0.717, 1.165) is 4.68 Å². The Morgan fingerprint density at radius 3 is 2.57 bits per heavy atom. The zero-order valence-corrected chi connectivity index (χ0v) is 16.4. The molecule has 3 aromatic rings. The normalized spacial score (nSPS) is 10.6. The van der Waals surface area contributed by atoms with E-state index in [-0.39, 0.29) is 41.4 Å². The summed E-state index contributed by atoms with van der Waals surface area (Å²) in [5, 5.41) is 25.8. The predicted molar refractivity (Wildman–Crippen MR) is 110 cm³/mol. The number of nitrogens with zero attached hydrogens (tertiary/aromatic N) is 3. The molecule has 3 N–H and O–H groups in total. The Morgan fingerprint density at radius 1 is 1.23 bits per heavy atom. The molecule has 3 rings (SSSR count). The number of benzene rings is 1. The smallest absolute Gasteiger partial charge is 0.335 e. The number of hydrogen-bond acceptors (Lipinski definition) is 7. The summed E-state index contributed by atoms with van der Waals surface area (Å²) in [5.41, 5.74) is 1.36.